The summed E-state index contributed by atoms with van der Waals surface area (Å²) >= 11 is 0. The lowest BCUT2D eigenvalue weighted by Gasteiger charge is -2.18. The summed E-state index contributed by atoms with van der Waals surface area (Å²) in [6.07, 6.45) is 1.92. The van der Waals surface area contributed by atoms with E-state index in [4.69, 9.17) is 0 Å². The molecule has 0 saturated heterocycles. The van der Waals surface area contributed by atoms with Crippen LogP contribution in [0.1, 0.15) is 5.56 Å². The minimum atomic E-state index is 0.883. The summed E-state index contributed by atoms with van der Waals surface area (Å²) in [4.78, 5) is 6.75. The van der Waals surface area contributed by atoms with Gasteiger partial charge in [-0.3, -0.25) is 4.99 Å². The van der Waals surface area contributed by atoms with E-state index < -0.39 is 0 Å². The molecule has 2 rings (SSSR count). The van der Waals surface area contributed by atoms with Crippen molar-refractivity contribution in [3.05, 3.63) is 48.6 Å². The molecule has 0 amide bonds. The second kappa shape index (κ2) is 4.09. The lowest BCUT2D eigenvalue weighted by Crippen LogP contribution is -2.28. The molecule has 14 heavy (non-hydrogen) atoms. The van der Waals surface area contributed by atoms with Crippen molar-refractivity contribution in [1.29, 1.82) is 0 Å². The van der Waals surface area contributed by atoms with Crippen molar-refractivity contribution in [2.24, 2.45) is 4.99 Å². The van der Waals surface area contributed by atoms with Crippen molar-refractivity contribution in [2.45, 2.75) is 0 Å². The minimum absolute atomic E-state index is 0.883. The fraction of sp³-hybridized carbons (Fsp3) is 0.250. The maximum Gasteiger partial charge on any atom is 0.131 e. The highest BCUT2D eigenvalue weighted by atomic mass is 15.2. The van der Waals surface area contributed by atoms with Gasteiger partial charge < -0.3 is 4.90 Å². The maximum absolute atomic E-state index is 4.50. The first-order valence-corrected chi connectivity index (χ1v) is 4.87. The molecule has 1 aromatic rings. The van der Waals surface area contributed by atoms with Gasteiger partial charge in [-0.15, -0.1) is 6.58 Å². The molecule has 2 heteroatoms. The van der Waals surface area contributed by atoms with Gasteiger partial charge in [-0.1, -0.05) is 36.4 Å². The molecule has 1 aromatic carbocycles. The van der Waals surface area contributed by atoms with Gasteiger partial charge in [0, 0.05) is 18.7 Å². The van der Waals surface area contributed by atoms with E-state index in [9.17, 15) is 0 Å². The number of aliphatic imine (C=N–C) groups is 1. The Hall–Kier alpha value is -1.57. The molecule has 0 aromatic heterocycles. The summed E-state index contributed by atoms with van der Waals surface area (Å²) in [6, 6.07) is 10.3. The summed E-state index contributed by atoms with van der Waals surface area (Å²) in [5.41, 5.74) is 1.20. The van der Waals surface area contributed by atoms with Gasteiger partial charge in [0.2, 0.25) is 0 Å². The number of hydrogen-bond donors (Lipinski definition) is 0. The standard InChI is InChI=1S/C12H14N2/c1-2-9-14-10-8-13-12(14)11-6-4-3-5-7-11/h2-7H,1,8-10H2. The van der Waals surface area contributed by atoms with Crippen LogP contribution in [-0.2, 0) is 0 Å². The largest absolute Gasteiger partial charge is 0.351 e. The zero-order chi connectivity index (χ0) is 9.80. The lowest BCUT2D eigenvalue weighted by atomic mass is 10.2. The summed E-state index contributed by atoms with van der Waals surface area (Å²) in [7, 11) is 0. The van der Waals surface area contributed by atoms with Gasteiger partial charge in [0.1, 0.15) is 5.84 Å². The Morgan fingerprint density at radius 2 is 2.14 bits per heavy atom. The molecule has 0 radical (unpaired) electrons. The highest BCUT2D eigenvalue weighted by Crippen LogP contribution is 2.10. The molecule has 72 valence electrons. The number of nitrogens with zero attached hydrogens (tertiary/aromatic N) is 2. The Balaban J connectivity index is 2.22. The Kier molecular flexibility index (Phi) is 2.63. The quantitative estimate of drug-likeness (QED) is 0.659. The third-order valence-corrected chi connectivity index (χ3v) is 2.31. The van der Waals surface area contributed by atoms with Crippen LogP contribution >= 0.6 is 0 Å². The third kappa shape index (κ3) is 1.69. The molecule has 0 bridgehead atoms. The van der Waals surface area contributed by atoms with Crippen LogP contribution in [0.25, 0.3) is 0 Å². The first kappa shape index (κ1) is 9.00. The highest BCUT2D eigenvalue weighted by molar-refractivity contribution is 5.99. The Morgan fingerprint density at radius 1 is 1.36 bits per heavy atom. The molecular formula is C12H14N2. The Labute approximate surface area is 84.6 Å². The van der Waals surface area contributed by atoms with E-state index in [0.29, 0.717) is 0 Å². The minimum Gasteiger partial charge on any atom is -0.351 e. The predicted molar refractivity (Wildman–Crippen MR) is 59.6 cm³/mol. The van der Waals surface area contributed by atoms with Gasteiger partial charge in [-0.05, 0) is 0 Å². The number of hydrogen-bond acceptors (Lipinski definition) is 2. The molecular weight excluding hydrogens is 172 g/mol. The third-order valence-electron chi connectivity index (χ3n) is 2.31. The number of benzene rings is 1. The molecule has 2 nitrogen and oxygen atoms in total. The summed E-state index contributed by atoms with van der Waals surface area (Å²) in [5.74, 6) is 1.10. The van der Waals surface area contributed by atoms with Crippen molar-refractivity contribution in [3.8, 4) is 0 Å². The highest BCUT2D eigenvalue weighted by Gasteiger charge is 2.16. The van der Waals surface area contributed by atoms with E-state index in [-0.39, 0.29) is 0 Å². The molecule has 1 aliphatic rings. The van der Waals surface area contributed by atoms with Gasteiger partial charge in [0.05, 0.1) is 6.54 Å². The van der Waals surface area contributed by atoms with Crippen molar-refractivity contribution in [1.82, 2.24) is 4.90 Å². The lowest BCUT2D eigenvalue weighted by molar-refractivity contribution is 0.508. The van der Waals surface area contributed by atoms with Crippen LogP contribution in [0.15, 0.2) is 48.0 Å². The van der Waals surface area contributed by atoms with Crippen LogP contribution < -0.4 is 0 Å². The van der Waals surface area contributed by atoms with Gasteiger partial charge in [-0.25, -0.2) is 0 Å². The second-order valence-electron chi connectivity index (χ2n) is 3.31. The van der Waals surface area contributed by atoms with E-state index in [1.54, 1.807) is 0 Å². The van der Waals surface area contributed by atoms with Crippen molar-refractivity contribution < 1.29 is 0 Å². The molecule has 0 fully saturated rings. The molecule has 0 spiro atoms. The summed E-state index contributed by atoms with van der Waals surface area (Å²) < 4.78 is 0. The summed E-state index contributed by atoms with van der Waals surface area (Å²) in [5, 5.41) is 0. The van der Waals surface area contributed by atoms with Crippen LogP contribution in [0.3, 0.4) is 0 Å². The Bertz CT molecular complexity index is 341. The smallest absolute Gasteiger partial charge is 0.131 e. The molecule has 0 saturated carbocycles. The van der Waals surface area contributed by atoms with E-state index in [0.717, 1.165) is 25.5 Å². The van der Waals surface area contributed by atoms with Gasteiger partial charge >= 0.3 is 0 Å². The average molecular weight is 186 g/mol. The van der Waals surface area contributed by atoms with Gasteiger partial charge in [0.15, 0.2) is 0 Å². The zero-order valence-electron chi connectivity index (χ0n) is 8.19. The maximum atomic E-state index is 4.50. The summed E-state index contributed by atoms with van der Waals surface area (Å²) in [6.45, 7) is 6.55. The second-order valence-corrected chi connectivity index (χ2v) is 3.31. The first-order valence-electron chi connectivity index (χ1n) is 4.87. The van der Waals surface area contributed by atoms with E-state index in [1.165, 1.54) is 5.56 Å². The Morgan fingerprint density at radius 3 is 2.86 bits per heavy atom. The molecule has 1 heterocycles. The number of rotatable bonds is 3. The predicted octanol–water partition coefficient (Wildman–Crippen LogP) is 1.93. The fourth-order valence-corrected chi connectivity index (χ4v) is 1.68. The van der Waals surface area contributed by atoms with Crippen LogP contribution in [0.4, 0.5) is 0 Å². The fourth-order valence-electron chi connectivity index (χ4n) is 1.68. The zero-order valence-corrected chi connectivity index (χ0v) is 8.19. The van der Waals surface area contributed by atoms with Crippen LogP contribution in [0.2, 0.25) is 0 Å². The molecule has 1 aliphatic heterocycles. The monoisotopic (exact) mass is 186 g/mol. The van der Waals surface area contributed by atoms with Gasteiger partial charge in [0.25, 0.3) is 0 Å². The van der Waals surface area contributed by atoms with Crippen LogP contribution in [-0.4, -0.2) is 30.4 Å². The molecule has 0 atom stereocenters. The van der Waals surface area contributed by atoms with Gasteiger partial charge in [-0.2, -0.15) is 0 Å². The van der Waals surface area contributed by atoms with Crippen molar-refractivity contribution in [3.63, 3.8) is 0 Å². The van der Waals surface area contributed by atoms with E-state index in [1.807, 2.05) is 24.3 Å². The van der Waals surface area contributed by atoms with E-state index >= 15 is 0 Å². The normalized spacial score (nSPS) is 15.4. The average Bonchev–Trinajstić information content (AvgIpc) is 2.68. The SMILES string of the molecule is C=CCN1CCN=C1c1ccccc1. The topological polar surface area (TPSA) is 15.6 Å². The molecule has 0 N–H and O–H groups in total. The van der Waals surface area contributed by atoms with Crippen molar-refractivity contribution >= 4 is 5.84 Å². The van der Waals surface area contributed by atoms with E-state index in [2.05, 4.69) is 28.6 Å². The number of amidine groups is 1. The first-order chi connectivity index (χ1) is 6.92. The van der Waals surface area contributed by atoms with Crippen LogP contribution in [0, 0.1) is 0 Å². The molecule has 0 aliphatic carbocycles. The molecule has 0 unspecified atom stereocenters. The van der Waals surface area contributed by atoms with Crippen LogP contribution in [0.5, 0.6) is 0 Å². The van der Waals surface area contributed by atoms with Crippen molar-refractivity contribution in [2.75, 3.05) is 19.6 Å².